The molecule has 0 aliphatic heterocycles. The number of carbonyl (C=O) groups is 2. The monoisotopic (exact) mass is 272 g/mol. The second kappa shape index (κ2) is 5.31. The Labute approximate surface area is 114 Å². The molecule has 0 radical (unpaired) electrons. The molecule has 102 valence electrons. The average Bonchev–Trinajstić information content (AvgIpc) is 2.44. The maximum absolute atomic E-state index is 11.9. The number of nitrogens with two attached hydrogens (primary N) is 1. The van der Waals surface area contributed by atoms with Crippen LogP contribution in [-0.2, 0) is 0 Å². The molecule has 6 heteroatoms. The van der Waals surface area contributed by atoms with Gasteiger partial charge in [0.25, 0.3) is 5.91 Å². The molecule has 0 bridgehead atoms. The third-order valence-electron chi connectivity index (χ3n) is 2.70. The number of amides is 1. The molecule has 1 amide bonds. The third kappa shape index (κ3) is 2.69. The van der Waals surface area contributed by atoms with Crippen molar-refractivity contribution in [3.05, 3.63) is 47.5 Å². The first kappa shape index (κ1) is 13.4. The topological polar surface area (TPSA) is 113 Å². The fourth-order valence-corrected chi connectivity index (χ4v) is 1.60. The van der Waals surface area contributed by atoms with Gasteiger partial charge in [-0.3, -0.25) is 9.59 Å². The Morgan fingerprint density at radius 1 is 1.10 bits per heavy atom. The zero-order chi connectivity index (χ0) is 14.7. The van der Waals surface area contributed by atoms with Crippen molar-refractivity contribution in [2.45, 2.75) is 0 Å². The lowest BCUT2D eigenvalue weighted by Crippen LogP contribution is -2.12. The van der Waals surface area contributed by atoms with Crippen LogP contribution in [0.3, 0.4) is 0 Å². The number of hydrogen-bond acceptors (Lipinski definition) is 5. The Hall–Kier alpha value is -3.02. The Balaban J connectivity index is 2.22. The summed E-state index contributed by atoms with van der Waals surface area (Å²) in [5.74, 6) is -0.977. The first-order valence-electron chi connectivity index (χ1n) is 5.69. The van der Waals surface area contributed by atoms with E-state index in [4.69, 9.17) is 5.73 Å². The molecule has 6 nitrogen and oxygen atoms in total. The van der Waals surface area contributed by atoms with E-state index in [0.29, 0.717) is 17.4 Å². The highest BCUT2D eigenvalue weighted by molar-refractivity contribution is 6.05. The Morgan fingerprint density at radius 2 is 1.75 bits per heavy atom. The van der Waals surface area contributed by atoms with E-state index in [1.165, 1.54) is 24.3 Å². The van der Waals surface area contributed by atoms with Crippen molar-refractivity contribution in [3.63, 3.8) is 0 Å². The normalized spacial score (nSPS) is 10.0. The molecule has 2 aromatic rings. The van der Waals surface area contributed by atoms with Crippen LogP contribution in [0.4, 0.5) is 11.4 Å². The number of nitrogen functional groups attached to an aromatic ring is 1. The minimum atomic E-state index is -0.484. The van der Waals surface area contributed by atoms with Crippen molar-refractivity contribution in [1.29, 1.82) is 0 Å². The number of aromatic hydroxyl groups is 2. The lowest BCUT2D eigenvalue weighted by molar-refractivity contribution is 0.102. The molecule has 0 fully saturated rings. The van der Waals surface area contributed by atoms with Gasteiger partial charge in [0.15, 0.2) is 0 Å². The van der Waals surface area contributed by atoms with Gasteiger partial charge in [0.2, 0.25) is 0 Å². The van der Waals surface area contributed by atoms with E-state index >= 15 is 0 Å². The summed E-state index contributed by atoms with van der Waals surface area (Å²) in [5.41, 5.74) is 6.23. The van der Waals surface area contributed by atoms with Crippen LogP contribution in [0.15, 0.2) is 36.4 Å². The van der Waals surface area contributed by atoms with Gasteiger partial charge in [-0.25, -0.2) is 0 Å². The van der Waals surface area contributed by atoms with Crippen LogP contribution in [0.1, 0.15) is 20.7 Å². The number of benzene rings is 2. The fourth-order valence-electron chi connectivity index (χ4n) is 1.60. The van der Waals surface area contributed by atoms with Crippen LogP contribution in [0.2, 0.25) is 0 Å². The summed E-state index contributed by atoms with van der Waals surface area (Å²) in [6, 6.07) is 8.26. The fraction of sp³-hybridized carbons (Fsp3) is 0. The van der Waals surface area contributed by atoms with Gasteiger partial charge in [-0.05, 0) is 12.1 Å². The molecule has 0 aliphatic carbocycles. The van der Waals surface area contributed by atoms with E-state index in [9.17, 15) is 19.8 Å². The number of aldehydes is 1. The van der Waals surface area contributed by atoms with Crippen LogP contribution in [0, 0.1) is 0 Å². The second-order valence-electron chi connectivity index (χ2n) is 4.12. The average molecular weight is 272 g/mol. The Bertz CT molecular complexity index is 666. The highest BCUT2D eigenvalue weighted by Crippen LogP contribution is 2.33. The molecular formula is C14H12N2O4. The van der Waals surface area contributed by atoms with E-state index in [1.807, 2.05) is 0 Å². The predicted octanol–water partition coefficient (Wildman–Crippen LogP) is 1.74. The van der Waals surface area contributed by atoms with Gasteiger partial charge in [0.05, 0.1) is 11.4 Å². The minimum absolute atomic E-state index is 0.0100. The number of phenols is 2. The molecule has 0 saturated carbocycles. The van der Waals surface area contributed by atoms with Gasteiger partial charge in [-0.2, -0.15) is 0 Å². The van der Waals surface area contributed by atoms with Crippen molar-refractivity contribution in [1.82, 2.24) is 0 Å². The largest absolute Gasteiger partial charge is 0.506 e. The van der Waals surface area contributed by atoms with Crippen molar-refractivity contribution >= 4 is 23.6 Å². The standard InChI is InChI=1S/C14H12N2O4/c15-10-5-13(19)11(6-12(10)18)16-14(20)9-3-1-8(7-17)2-4-9/h1-7,18-19H,15H2,(H,16,20). The second-order valence-corrected chi connectivity index (χ2v) is 4.12. The maximum atomic E-state index is 11.9. The summed E-state index contributed by atoms with van der Waals surface area (Å²) in [4.78, 5) is 22.5. The summed E-state index contributed by atoms with van der Waals surface area (Å²) >= 11 is 0. The molecule has 0 heterocycles. The van der Waals surface area contributed by atoms with Crippen LogP contribution in [-0.4, -0.2) is 22.4 Å². The molecule has 0 aliphatic rings. The van der Waals surface area contributed by atoms with Crippen LogP contribution in [0.5, 0.6) is 11.5 Å². The minimum Gasteiger partial charge on any atom is -0.506 e. The van der Waals surface area contributed by atoms with Gasteiger partial charge < -0.3 is 21.3 Å². The van der Waals surface area contributed by atoms with Crippen molar-refractivity contribution in [2.75, 3.05) is 11.1 Å². The number of nitrogens with one attached hydrogen (secondary N) is 1. The number of carbonyl (C=O) groups excluding carboxylic acids is 2. The highest BCUT2D eigenvalue weighted by Gasteiger charge is 2.11. The molecule has 5 N–H and O–H groups in total. The lowest BCUT2D eigenvalue weighted by atomic mass is 10.1. The SMILES string of the molecule is Nc1cc(O)c(NC(=O)c2ccc(C=O)cc2)cc1O. The number of hydrogen-bond donors (Lipinski definition) is 4. The Kier molecular flexibility index (Phi) is 3.56. The molecule has 0 atom stereocenters. The van der Waals surface area contributed by atoms with Crippen LogP contribution >= 0.6 is 0 Å². The van der Waals surface area contributed by atoms with E-state index in [2.05, 4.69) is 5.32 Å². The van der Waals surface area contributed by atoms with Gasteiger partial charge in [-0.1, -0.05) is 12.1 Å². The molecule has 0 saturated heterocycles. The van der Waals surface area contributed by atoms with Crippen molar-refractivity contribution in [2.24, 2.45) is 0 Å². The van der Waals surface area contributed by atoms with E-state index in [0.717, 1.165) is 12.1 Å². The van der Waals surface area contributed by atoms with Crippen LogP contribution in [0.25, 0.3) is 0 Å². The number of phenolic OH excluding ortho intramolecular Hbond substituents is 2. The highest BCUT2D eigenvalue weighted by atomic mass is 16.3. The van der Waals surface area contributed by atoms with Gasteiger partial charge in [0.1, 0.15) is 17.8 Å². The summed E-state index contributed by atoms with van der Waals surface area (Å²) in [6.07, 6.45) is 0.672. The summed E-state index contributed by atoms with van der Waals surface area (Å²) in [6.45, 7) is 0. The lowest BCUT2D eigenvalue weighted by Gasteiger charge is -2.09. The number of anilines is 2. The van der Waals surface area contributed by atoms with Gasteiger partial charge in [-0.15, -0.1) is 0 Å². The van der Waals surface area contributed by atoms with E-state index in [-0.39, 0.29) is 22.9 Å². The predicted molar refractivity (Wildman–Crippen MR) is 74.0 cm³/mol. The molecule has 0 aromatic heterocycles. The van der Waals surface area contributed by atoms with E-state index < -0.39 is 5.91 Å². The molecule has 2 rings (SSSR count). The first-order chi connectivity index (χ1) is 9.51. The van der Waals surface area contributed by atoms with Gasteiger partial charge in [0, 0.05) is 23.3 Å². The van der Waals surface area contributed by atoms with Crippen LogP contribution < -0.4 is 11.1 Å². The molecule has 2 aromatic carbocycles. The molecule has 0 unspecified atom stereocenters. The maximum Gasteiger partial charge on any atom is 0.255 e. The zero-order valence-electron chi connectivity index (χ0n) is 10.3. The zero-order valence-corrected chi connectivity index (χ0v) is 10.3. The first-order valence-corrected chi connectivity index (χ1v) is 5.69. The third-order valence-corrected chi connectivity index (χ3v) is 2.70. The molecule has 20 heavy (non-hydrogen) atoms. The van der Waals surface area contributed by atoms with Gasteiger partial charge >= 0.3 is 0 Å². The summed E-state index contributed by atoms with van der Waals surface area (Å²) in [5, 5.41) is 21.5. The molecule has 0 spiro atoms. The summed E-state index contributed by atoms with van der Waals surface area (Å²) in [7, 11) is 0. The van der Waals surface area contributed by atoms with Crippen molar-refractivity contribution in [3.8, 4) is 11.5 Å². The summed E-state index contributed by atoms with van der Waals surface area (Å²) < 4.78 is 0. The van der Waals surface area contributed by atoms with E-state index in [1.54, 1.807) is 0 Å². The number of rotatable bonds is 3. The smallest absolute Gasteiger partial charge is 0.255 e. The quantitative estimate of drug-likeness (QED) is 0.294. The molecular weight excluding hydrogens is 260 g/mol. The Morgan fingerprint density at radius 3 is 2.35 bits per heavy atom. The van der Waals surface area contributed by atoms with Crippen molar-refractivity contribution < 1.29 is 19.8 Å².